The molecule has 15 heavy (non-hydrogen) atoms. The van der Waals surface area contributed by atoms with E-state index in [1.54, 1.807) is 23.5 Å². The van der Waals surface area contributed by atoms with E-state index in [-0.39, 0.29) is 5.82 Å². The number of hydrogen-bond donors (Lipinski definition) is 1. The van der Waals surface area contributed by atoms with Crippen molar-refractivity contribution in [3.8, 4) is 10.6 Å². The van der Waals surface area contributed by atoms with Crippen LogP contribution in [0.15, 0.2) is 24.3 Å². The Morgan fingerprint density at radius 2 is 2.00 bits per heavy atom. The van der Waals surface area contributed by atoms with Crippen LogP contribution in [0.3, 0.4) is 0 Å². The van der Waals surface area contributed by atoms with Crippen molar-refractivity contribution in [2.45, 2.75) is 12.7 Å². The van der Waals surface area contributed by atoms with Gasteiger partial charge in [0.2, 0.25) is 0 Å². The van der Waals surface area contributed by atoms with Gasteiger partial charge >= 0.3 is 0 Å². The highest BCUT2D eigenvalue weighted by molar-refractivity contribution is 7.79. The van der Waals surface area contributed by atoms with Crippen LogP contribution in [0, 0.1) is 12.7 Å². The van der Waals surface area contributed by atoms with Crippen molar-refractivity contribution < 1.29 is 4.39 Å². The van der Waals surface area contributed by atoms with Crippen molar-refractivity contribution in [3.63, 3.8) is 0 Å². The van der Waals surface area contributed by atoms with Gasteiger partial charge in [0.1, 0.15) is 10.8 Å². The van der Waals surface area contributed by atoms with Gasteiger partial charge in [-0.15, -0.1) is 11.3 Å². The van der Waals surface area contributed by atoms with Gasteiger partial charge in [-0.1, -0.05) is 0 Å². The molecular weight excluding hydrogens is 229 g/mol. The summed E-state index contributed by atoms with van der Waals surface area (Å²) in [5, 5.41) is 0.927. The van der Waals surface area contributed by atoms with Crippen molar-refractivity contribution >= 4 is 24.0 Å². The SMILES string of the molecule is Cc1nc(-c2ccc(F)cc2)sc1CS. The number of rotatable bonds is 2. The quantitative estimate of drug-likeness (QED) is 0.789. The highest BCUT2D eigenvalue weighted by Crippen LogP contribution is 2.28. The van der Waals surface area contributed by atoms with Crippen LogP contribution in [0.4, 0.5) is 4.39 Å². The molecule has 2 rings (SSSR count). The minimum Gasteiger partial charge on any atom is -0.241 e. The lowest BCUT2D eigenvalue weighted by molar-refractivity contribution is 0.628. The summed E-state index contributed by atoms with van der Waals surface area (Å²) >= 11 is 5.84. The van der Waals surface area contributed by atoms with Crippen molar-refractivity contribution in [3.05, 3.63) is 40.7 Å². The number of benzene rings is 1. The van der Waals surface area contributed by atoms with Gasteiger partial charge in [0.05, 0.1) is 5.69 Å². The molecular formula is C11H10FNS2. The second-order valence-corrected chi connectivity index (χ2v) is 4.59. The molecule has 1 heterocycles. The Kier molecular flexibility index (Phi) is 3.07. The first-order valence-electron chi connectivity index (χ1n) is 4.54. The Morgan fingerprint density at radius 1 is 1.33 bits per heavy atom. The monoisotopic (exact) mass is 239 g/mol. The molecule has 0 bridgehead atoms. The van der Waals surface area contributed by atoms with Gasteiger partial charge in [-0.2, -0.15) is 12.6 Å². The molecule has 0 fully saturated rings. The first-order valence-corrected chi connectivity index (χ1v) is 5.98. The molecule has 1 aromatic heterocycles. The summed E-state index contributed by atoms with van der Waals surface area (Å²) < 4.78 is 12.7. The minimum atomic E-state index is -0.221. The maximum atomic E-state index is 12.7. The molecule has 0 atom stereocenters. The number of nitrogens with zero attached hydrogens (tertiary/aromatic N) is 1. The van der Waals surface area contributed by atoms with Crippen LogP contribution in [0.5, 0.6) is 0 Å². The van der Waals surface area contributed by atoms with Crippen LogP contribution in [-0.4, -0.2) is 4.98 Å². The van der Waals surface area contributed by atoms with Gasteiger partial charge in [0, 0.05) is 16.2 Å². The predicted molar refractivity (Wildman–Crippen MR) is 64.9 cm³/mol. The number of hydrogen-bond acceptors (Lipinski definition) is 3. The lowest BCUT2D eigenvalue weighted by atomic mass is 10.2. The highest BCUT2D eigenvalue weighted by atomic mass is 32.1. The average Bonchev–Trinajstić information content (AvgIpc) is 2.61. The van der Waals surface area contributed by atoms with Crippen LogP contribution in [-0.2, 0) is 5.75 Å². The zero-order chi connectivity index (χ0) is 10.8. The summed E-state index contributed by atoms with van der Waals surface area (Å²) in [5.74, 6) is 0.478. The lowest BCUT2D eigenvalue weighted by Gasteiger charge is -1.94. The van der Waals surface area contributed by atoms with E-state index in [4.69, 9.17) is 0 Å². The fourth-order valence-electron chi connectivity index (χ4n) is 1.29. The zero-order valence-corrected chi connectivity index (χ0v) is 9.91. The van der Waals surface area contributed by atoms with E-state index in [2.05, 4.69) is 17.6 Å². The number of aromatic nitrogens is 1. The molecule has 0 aliphatic heterocycles. The van der Waals surface area contributed by atoms with E-state index in [0.29, 0.717) is 5.75 Å². The molecule has 1 aromatic carbocycles. The van der Waals surface area contributed by atoms with E-state index in [9.17, 15) is 4.39 Å². The van der Waals surface area contributed by atoms with Crippen molar-refractivity contribution in [2.75, 3.05) is 0 Å². The van der Waals surface area contributed by atoms with Gasteiger partial charge in [-0.05, 0) is 31.2 Å². The molecule has 0 radical (unpaired) electrons. The molecule has 4 heteroatoms. The summed E-state index contributed by atoms with van der Waals surface area (Å²) in [7, 11) is 0. The third kappa shape index (κ3) is 2.21. The maximum absolute atomic E-state index is 12.7. The fourth-order valence-corrected chi connectivity index (χ4v) is 2.64. The van der Waals surface area contributed by atoms with E-state index < -0.39 is 0 Å². The van der Waals surface area contributed by atoms with Gasteiger partial charge in [0.15, 0.2) is 0 Å². The summed E-state index contributed by atoms with van der Waals surface area (Å²) in [5.41, 5.74) is 1.96. The van der Waals surface area contributed by atoms with Gasteiger partial charge < -0.3 is 0 Å². The van der Waals surface area contributed by atoms with E-state index in [0.717, 1.165) is 21.1 Å². The molecule has 0 aliphatic carbocycles. The third-order valence-corrected chi connectivity index (χ3v) is 3.86. The van der Waals surface area contributed by atoms with Crippen LogP contribution in [0.25, 0.3) is 10.6 Å². The number of thiol groups is 1. The summed E-state index contributed by atoms with van der Waals surface area (Å²) in [4.78, 5) is 5.59. The molecule has 0 amide bonds. The van der Waals surface area contributed by atoms with Crippen LogP contribution in [0.2, 0.25) is 0 Å². The molecule has 0 saturated heterocycles. The molecule has 78 valence electrons. The normalized spacial score (nSPS) is 10.6. The third-order valence-electron chi connectivity index (χ3n) is 2.13. The van der Waals surface area contributed by atoms with E-state index in [1.165, 1.54) is 12.1 Å². The topological polar surface area (TPSA) is 12.9 Å². The van der Waals surface area contributed by atoms with Gasteiger partial charge in [0.25, 0.3) is 0 Å². The summed E-state index contributed by atoms with van der Waals surface area (Å²) in [6.45, 7) is 1.97. The smallest absolute Gasteiger partial charge is 0.123 e. The van der Waals surface area contributed by atoms with Crippen molar-refractivity contribution in [1.82, 2.24) is 4.98 Å². The van der Waals surface area contributed by atoms with E-state index >= 15 is 0 Å². The average molecular weight is 239 g/mol. The molecule has 2 aromatic rings. The number of thiazole rings is 1. The van der Waals surface area contributed by atoms with Gasteiger partial charge in [-0.25, -0.2) is 9.37 Å². The van der Waals surface area contributed by atoms with Gasteiger partial charge in [-0.3, -0.25) is 0 Å². The Hall–Kier alpha value is -0.870. The fraction of sp³-hybridized carbons (Fsp3) is 0.182. The van der Waals surface area contributed by atoms with Crippen LogP contribution < -0.4 is 0 Å². The Bertz CT molecular complexity index is 462. The number of halogens is 1. The molecule has 0 aliphatic rings. The Labute approximate surface area is 97.4 Å². The molecule has 0 spiro atoms. The lowest BCUT2D eigenvalue weighted by Crippen LogP contribution is -1.79. The zero-order valence-electron chi connectivity index (χ0n) is 8.20. The largest absolute Gasteiger partial charge is 0.241 e. The Morgan fingerprint density at radius 3 is 2.53 bits per heavy atom. The second kappa shape index (κ2) is 4.33. The Balaban J connectivity index is 2.41. The number of aryl methyl sites for hydroxylation is 1. The van der Waals surface area contributed by atoms with Crippen LogP contribution in [0.1, 0.15) is 10.6 Å². The van der Waals surface area contributed by atoms with Crippen LogP contribution >= 0.6 is 24.0 Å². The minimum absolute atomic E-state index is 0.221. The van der Waals surface area contributed by atoms with E-state index in [1.807, 2.05) is 6.92 Å². The molecule has 0 unspecified atom stereocenters. The summed E-state index contributed by atoms with van der Waals surface area (Å²) in [6.07, 6.45) is 0. The molecule has 0 saturated carbocycles. The standard InChI is InChI=1S/C11H10FNS2/c1-7-10(6-14)15-11(13-7)8-2-4-9(12)5-3-8/h2-5,14H,6H2,1H3. The maximum Gasteiger partial charge on any atom is 0.123 e. The summed E-state index contributed by atoms with van der Waals surface area (Å²) in [6, 6.07) is 6.39. The predicted octanol–water partition coefficient (Wildman–Crippen LogP) is 3.69. The first kappa shape index (κ1) is 10.6. The van der Waals surface area contributed by atoms with Crippen molar-refractivity contribution in [2.24, 2.45) is 0 Å². The molecule has 1 nitrogen and oxygen atoms in total. The second-order valence-electron chi connectivity index (χ2n) is 3.19. The molecule has 0 N–H and O–H groups in total. The highest BCUT2D eigenvalue weighted by Gasteiger charge is 2.07. The van der Waals surface area contributed by atoms with Crippen molar-refractivity contribution in [1.29, 1.82) is 0 Å². The first-order chi connectivity index (χ1) is 7.20.